The number of benzene rings is 2. The van der Waals surface area contributed by atoms with Crippen LogP contribution in [0.15, 0.2) is 52.1 Å². The minimum Gasteiger partial charge on any atom is -0.493 e. The molecule has 0 fully saturated rings. The van der Waals surface area contributed by atoms with Crippen molar-refractivity contribution in [2.24, 2.45) is 0 Å². The van der Waals surface area contributed by atoms with Crippen molar-refractivity contribution in [1.82, 2.24) is 19.7 Å². The molecule has 0 unspecified atom stereocenters. The van der Waals surface area contributed by atoms with Gasteiger partial charge in [0.15, 0.2) is 11.5 Å². The van der Waals surface area contributed by atoms with Crippen molar-refractivity contribution in [3.8, 4) is 17.2 Å². The second-order valence-corrected chi connectivity index (χ2v) is 7.95. The summed E-state index contributed by atoms with van der Waals surface area (Å²) < 4.78 is 51.5. The summed E-state index contributed by atoms with van der Waals surface area (Å²) in [6.45, 7) is 3.04. The molecule has 0 aliphatic heterocycles. The van der Waals surface area contributed by atoms with Gasteiger partial charge in [-0.1, -0.05) is 19.1 Å². The number of hydrogen-bond acceptors (Lipinski definition) is 6. The molecule has 1 atom stereocenters. The van der Waals surface area contributed by atoms with Crippen LogP contribution in [0.2, 0.25) is 0 Å². The van der Waals surface area contributed by atoms with Crippen LogP contribution >= 0.6 is 0 Å². The standard InChI is InChI=1S/C24H25F3N4O5/c1-5-14(2)28-21(32)20-22(33)30(13-15-7-6-8-16(11-15)24(25,26)27)23(34)31(29-20)17-9-10-18(35-3)19(12-17)36-4/h6-12,14H,5,13H2,1-4H3,(H,28,32)/t14-/m1/s1. The van der Waals surface area contributed by atoms with Gasteiger partial charge < -0.3 is 14.8 Å². The van der Waals surface area contributed by atoms with E-state index in [0.717, 1.165) is 16.8 Å². The smallest absolute Gasteiger partial charge is 0.416 e. The van der Waals surface area contributed by atoms with E-state index in [2.05, 4.69) is 10.4 Å². The van der Waals surface area contributed by atoms with Gasteiger partial charge in [0.2, 0.25) is 5.69 Å². The fourth-order valence-corrected chi connectivity index (χ4v) is 3.34. The normalized spacial score (nSPS) is 12.2. The van der Waals surface area contributed by atoms with E-state index in [1.165, 1.54) is 44.6 Å². The van der Waals surface area contributed by atoms with E-state index < -0.39 is 41.1 Å². The van der Waals surface area contributed by atoms with Crippen LogP contribution < -0.4 is 26.0 Å². The first kappa shape index (κ1) is 26.5. The maximum absolute atomic E-state index is 13.3. The minimum atomic E-state index is -4.61. The summed E-state index contributed by atoms with van der Waals surface area (Å²) in [6, 6.07) is 8.33. The topological polar surface area (TPSA) is 104 Å². The Kier molecular flexibility index (Phi) is 7.86. The average molecular weight is 506 g/mol. The molecule has 1 amide bonds. The first-order valence-electron chi connectivity index (χ1n) is 10.9. The van der Waals surface area contributed by atoms with Crippen molar-refractivity contribution in [2.75, 3.05) is 14.2 Å². The zero-order chi connectivity index (χ0) is 26.6. The van der Waals surface area contributed by atoms with Crippen molar-refractivity contribution in [1.29, 1.82) is 0 Å². The number of alkyl halides is 3. The molecule has 3 rings (SSSR count). The van der Waals surface area contributed by atoms with Crippen LogP contribution in [0.5, 0.6) is 11.5 Å². The number of amides is 1. The van der Waals surface area contributed by atoms with E-state index in [1.54, 1.807) is 6.92 Å². The van der Waals surface area contributed by atoms with Crippen molar-refractivity contribution < 1.29 is 27.4 Å². The molecule has 0 radical (unpaired) electrons. The molecule has 2 aromatic carbocycles. The summed E-state index contributed by atoms with van der Waals surface area (Å²) in [5.41, 5.74) is -3.32. The second kappa shape index (κ2) is 10.7. The number of methoxy groups -OCH3 is 2. The van der Waals surface area contributed by atoms with Gasteiger partial charge in [-0.05, 0) is 43.2 Å². The zero-order valence-electron chi connectivity index (χ0n) is 20.0. The van der Waals surface area contributed by atoms with Gasteiger partial charge in [0.05, 0.1) is 32.0 Å². The molecule has 0 aliphatic rings. The van der Waals surface area contributed by atoms with E-state index in [-0.39, 0.29) is 23.0 Å². The van der Waals surface area contributed by atoms with Crippen molar-refractivity contribution in [3.63, 3.8) is 0 Å². The Labute approximate surface area is 204 Å². The molecule has 0 aliphatic carbocycles. The van der Waals surface area contributed by atoms with E-state index in [1.807, 2.05) is 6.92 Å². The van der Waals surface area contributed by atoms with E-state index >= 15 is 0 Å². The third-order valence-corrected chi connectivity index (χ3v) is 5.47. The number of ether oxygens (including phenoxy) is 2. The molecule has 36 heavy (non-hydrogen) atoms. The van der Waals surface area contributed by atoms with E-state index in [9.17, 15) is 27.6 Å². The first-order valence-corrected chi connectivity index (χ1v) is 10.9. The predicted octanol–water partition coefficient (Wildman–Crippen LogP) is 3.01. The lowest BCUT2D eigenvalue weighted by Crippen LogP contribution is -2.47. The first-order chi connectivity index (χ1) is 17.0. The van der Waals surface area contributed by atoms with Crippen LogP contribution in [0.4, 0.5) is 13.2 Å². The van der Waals surface area contributed by atoms with Crippen LogP contribution in [-0.4, -0.2) is 40.5 Å². The highest BCUT2D eigenvalue weighted by Crippen LogP contribution is 2.30. The van der Waals surface area contributed by atoms with Crippen molar-refractivity contribution in [3.05, 3.63) is 80.1 Å². The van der Waals surface area contributed by atoms with Crippen LogP contribution in [0.3, 0.4) is 0 Å². The van der Waals surface area contributed by atoms with Gasteiger partial charge in [0.1, 0.15) is 0 Å². The minimum absolute atomic E-state index is 0.0439. The van der Waals surface area contributed by atoms with E-state index in [4.69, 9.17) is 9.47 Å². The molecule has 1 aromatic heterocycles. The number of nitrogens with zero attached hydrogens (tertiary/aromatic N) is 3. The Morgan fingerprint density at radius 3 is 2.39 bits per heavy atom. The maximum Gasteiger partial charge on any atom is 0.416 e. The summed E-state index contributed by atoms with van der Waals surface area (Å²) in [7, 11) is 2.81. The van der Waals surface area contributed by atoms with Crippen LogP contribution in [0.25, 0.3) is 5.69 Å². The highest BCUT2D eigenvalue weighted by molar-refractivity contribution is 5.91. The van der Waals surface area contributed by atoms with Crippen LogP contribution in [0.1, 0.15) is 41.9 Å². The number of halogens is 3. The second-order valence-electron chi connectivity index (χ2n) is 7.95. The van der Waals surface area contributed by atoms with Crippen molar-refractivity contribution >= 4 is 5.91 Å². The third kappa shape index (κ3) is 5.58. The van der Waals surface area contributed by atoms with Crippen LogP contribution in [-0.2, 0) is 12.7 Å². The predicted molar refractivity (Wildman–Crippen MR) is 125 cm³/mol. The molecule has 9 nitrogen and oxygen atoms in total. The fourth-order valence-electron chi connectivity index (χ4n) is 3.34. The number of carbonyl (C=O) groups is 1. The summed E-state index contributed by atoms with van der Waals surface area (Å²) in [5, 5.41) is 6.62. The Bertz CT molecular complexity index is 1380. The largest absolute Gasteiger partial charge is 0.493 e. The number of aromatic nitrogens is 3. The van der Waals surface area contributed by atoms with Gasteiger partial charge in [0.25, 0.3) is 11.5 Å². The van der Waals surface area contributed by atoms with Crippen molar-refractivity contribution in [2.45, 2.75) is 39.0 Å². The fraction of sp³-hybridized carbons (Fsp3) is 0.333. The molecule has 0 saturated heterocycles. The van der Waals surface area contributed by atoms with Crippen LogP contribution in [0, 0.1) is 0 Å². The molecular weight excluding hydrogens is 481 g/mol. The zero-order valence-corrected chi connectivity index (χ0v) is 20.0. The van der Waals surface area contributed by atoms with Gasteiger partial charge in [-0.2, -0.15) is 23.0 Å². The third-order valence-electron chi connectivity index (χ3n) is 5.47. The lowest BCUT2D eigenvalue weighted by Gasteiger charge is -2.15. The summed E-state index contributed by atoms with van der Waals surface area (Å²) in [4.78, 5) is 39.3. The Hall–Kier alpha value is -4.09. The Balaban J connectivity index is 2.22. The van der Waals surface area contributed by atoms with Gasteiger partial charge in [-0.3, -0.25) is 14.2 Å². The monoisotopic (exact) mass is 506 g/mol. The van der Waals surface area contributed by atoms with Gasteiger partial charge in [0, 0.05) is 12.1 Å². The summed E-state index contributed by atoms with van der Waals surface area (Å²) in [6.07, 6.45) is -4.04. The average Bonchev–Trinajstić information content (AvgIpc) is 2.85. The quantitative estimate of drug-likeness (QED) is 0.504. The lowest BCUT2D eigenvalue weighted by molar-refractivity contribution is -0.137. The number of hydrogen-bond donors (Lipinski definition) is 1. The molecule has 1 heterocycles. The summed E-state index contributed by atoms with van der Waals surface area (Å²) in [5.74, 6) is -0.201. The van der Waals surface area contributed by atoms with Gasteiger partial charge in [-0.15, -0.1) is 0 Å². The highest BCUT2D eigenvalue weighted by atomic mass is 19.4. The SMILES string of the molecule is CC[C@@H](C)NC(=O)c1nn(-c2ccc(OC)c(OC)c2)c(=O)n(Cc2cccc(C(F)(F)F)c2)c1=O. The highest BCUT2D eigenvalue weighted by Gasteiger charge is 2.30. The maximum atomic E-state index is 13.3. The number of carbonyl (C=O) groups excluding carboxylic acids is 1. The lowest BCUT2D eigenvalue weighted by atomic mass is 10.1. The Morgan fingerprint density at radius 2 is 1.78 bits per heavy atom. The van der Waals surface area contributed by atoms with E-state index in [0.29, 0.717) is 16.7 Å². The van der Waals surface area contributed by atoms with Gasteiger partial charge >= 0.3 is 11.9 Å². The molecule has 0 spiro atoms. The molecule has 1 N–H and O–H groups in total. The molecule has 192 valence electrons. The summed E-state index contributed by atoms with van der Waals surface area (Å²) >= 11 is 0. The molecule has 12 heteroatoms. The molecular formula is C24H25F3N4O5. The molecule has 0 saturated carbocycles. The molecule has 0 bridgehead atoms. The Morgan fingerprint density at radius 1 is 1.08 bits per heavy atom. The number of nitrogens with one attached hydrogen (secondary N) is 1. The van der Waals surface area contributed by atoms with Gasteiger partial charge in [-0.25, -0.2) is 4.79 Å². The number of rotatable bonds is 8. The molecule has 3 aromatic rings.